The van der Waals surface area contributed by atoms with Gasteiger partial charge in [-0.2, -0.15) is 4.98 Å². The Hall–Kier alpha value is -3.13. The van der Waals surface area contributed by atoms with Crippen molar-refractivity contribution in [3.63, 3.8) is 0 Å². The van der Waals surface area contributed by atoms with Gasteiger partial charge in [-0.1, -0.05) is 23.7 Å². The predicted molar refractivity (Wildman–Crippen MR) is 113 cm³/mol. The van der Waals surface area contributed by atoms with E-state index in [0.717, 1.165) is 6.42 Å². The quantitative estimate of drug-likeness (QED) is 0.517. The first-order valence-corrected chi connectivity index (χ1v) is 10.3. The lowest BCUT2D eigenvalue weighted by molar-refractivity contribution is -0.117. The highest BCUT2D eigenvalue weighted by molar-refractivity contribution is 6.30. The second kappa shape index (κ2) is 8.93. The smallest absolute Gasteiger partial charge is 0.232 e. The van der Waals surface area contributed by atoms with Gasteiger partial charge in [0.1, 0.15) is 5.82 Å². The monoisotopic (exact) mass is 445 g/mol. The molecule has 0 aliphatic carbocycles. The van der Waals surface area contributed by atoms with Gasteiger partial charge in [-0.3, -0.25) is 4.79 Å². The van der Waals surface area contributed by atoms with Crippen LogP contribution in [0.5, 0.6) is 11.5 Å². The van der Waals surface area contributed by atoms with Crippen LogP contribution in [0.4, 0.5) is 10.1 Å². The molecule has 3 aromatic rings. The minimum absolute atomic E-state index is 0.150. The molecule has 7 nitrogen and oxygen atoms in total. The van der Waals surface area contributed by atoms with Crippen molar-refractivity contribution < 1.29 is 23.2 Å². The van der Waals surface area contributed by atoms with E-state index in [1.165, 1.54) is 17.0 Å². The first-order chi connectivity index (χ1) is 15.0. The molecule has 2 aromatic carbocycles. The predicted octanol–water partition coefficient (Wildman–Crippen LogP) is 4.85. The van der Waals surface area contributed by atoms with Crippen molar-refractivity contribution in [2.45, 2.75) is 25.7 Å². The van der Waals surface area contributed by atoms with Gasteiger partial charge in [-0.25, -0.2) is 4.39 Å². The Kier molecular flexibility index (Phi) is 6.08. The number of hydrogen-bond donors (Lipinski definition) is 0. The molecule has 162 valence electrons. The average Bonchev–Trinajstić information content (AvgIpc) is 3.39. The molecule has 1 atom stereocenters. The first-order valence-electron chi connectivity index (χ1n) is 9.90. The van der Waals surface area contributed by atoms with Gasteiger partial charge in [0.15, 0.2) is 11.5 Å². The zero-order valence-corrected chi connectivity index (χ0v) is 17.9. The van der Waals surface area contributed by atoms with Gasteiger partial charge in [0.05, 0.1) is 25.3 Å². The molecule has 1 aliphatic rings. The van der Waals surface area contributed by atoms with Crippen molar-refractivity contribution >= 4 is 23.2 Å². The number of carbonyl (C=O) groups excluding carboxylic acids is 1. The summed E-state index contributed by atoms with van der Waals surface area (Å²) in [5, 5.41) is 4.32. The number of amides is 1. The minimum atomic E-state index is -0.551. The Labute approximate surface area is 183 Å². The highest BCUT2D eigenvalue weighted by atomic mass is 35.5. The molecule has 0 N–H and O–H groups in total. The molecule has 0 spiro atoms. The zero-order chi connectivity index (χ0) is 22.0. The van der Waals surface area contributed by atoms with Crippen molar-refractivity contribution in [2.24, 2.45) is 0 Å². The summed E-state index contributed by atoms with van der Waals surface area (Å²) in [6.45, 7) is 2.85. The summed E-state index contributed by atoms with van der Waals surface area (Å²) in [6, 6.07) is 9.61. The maximum atomic E-state index is 14.3. The summed E-state index contributed by atoms with van der Waals surface area (Å²) >= 11 is 5.81. The van der Waals surface area contributed by atoms with E-state index >= 15 is 0 Å². The first kappa shape index (κ1) is 21.1. The standard InChI is InChI=1S/C22H21ClFN3O4/c1-3-8-30-18-7-4-13(9-19(18)29-2)21-25-22(31-26-21)14-10-20(28)27(12-14)17-6-5-15(23)11-16(17)24/h4-7,9,11,14H,3,8,10,12H2,1-2H3. The SMILES string of the molecule is CCCOc1ccc(-c2noc(C3CC(=O)N(c4ccc(Cl)cc4F)C3)n2)cc1OC. The number of methoxy groups -OCH3 is 1. The van der Waals surface area contributed by atoms with Gasteiger partial charge in [-0.05, 0) is 42.8 Å². The summed E-state index contributed by atoms with van der Waals surface area (Å²) < 4.78 is 30.8. The van der Waals surface area contributed by atoms with E-state index in [0.29, 0.717) is 35.4 Å². The van der Waals surface area contributed by atoms with Crippen molar-refractivity contribution in [2.75, 3.05) is 25.2 Å². The Balaban J connectivity index is 1.53. The number of aromatic nitrogens is 2. The maximum Gasteiger partial charge on any atom is 0.232 e. The number of hydrogen-bond acceptors (Lipinski definition) is 6. The van der Waals surface area contributed by atoms with Gasteiger partial charge >= 0.3 is 0 Å². The topological polar surface area (TPSA) is 77.7 Å². The van der Waals surface area contributed by atoms with E-state index in [-0.39, 0.29) is 35.5 Å². The van der Waals surface area contributed by atoms with Gasteiger partial charge in [0, 0.05) is 23.6 Å². The van der Waals surface area contributed by atoms with Gasteiger partial charge in [-0.15, -0.1) is 0 Å². The largest absolute Gasteiger partial charge is 0.493 e. The van der Waals surface area contributed by atoms with Crippen LogP contribution >= 0.6 is 11.6 Å². The second-order valence-corrected chi connectivity index (χ2v) is 7.61. The number of ether oxygens (including phenoxy) is 2. The Morgan fingerprint density at radius 3 is 2.84 bits per heavy atom. The molecule has 1 aromatic heterocycles. The Morgan fingerprint density at radius 2 is 2.10 bits per heavy atom. The fourth-order valence-corrected chi connectivity index (χ4v) is 3.62. The highest BCUT2D eigenvalue weighted by Gasteiger charge is 2.36. The fourth-order valence-electron chi connectivity index (χ4n) is 3.46. The van der Waals surface area contributed by atoms with Gasteiger partial charge in [0.25, 0.3) is 0 Å². The van der Waals surface area contributed by atoms with Crippen molar-refractivity contribution in [1.29, 1.82) is 0 Å². The average molecular weight is 446 g/mol. The lowest BCUT2D eigenvalue weighted by Crippen LogP contribution is -2.25. The molecule has 0 saturated carbocycles. The molecule has 0 radical (unpaired) electrons. The Morgan fingerprint density at radius 1 is 1.26 bits per heavy atom. The summed E-state index contributed by atoms with van der Waals surface area (Å²) in [6.07, 6.45) is 1.03. The molecule has 0 bridgehead atoms. The second-order valence-electron chi connectivity index (χ2n) is 7.17. The highest BCUT2D eigenvalue weighted by Crippen LogP contribution is 2.35. The van der Waals surface area contributed by atoms with E-state index in [9.17, 15) is 9.18 Å². The molecule has 31 heavy (non-hydrogen) atoms. The third-order valence-corrected chi connectivity index (χ3v) is 5.24. The lowest BCUT2D eigenvalue weighted by atomic mass is 10.1. The van der Waals surface area contributed by atoms with Crippen LogP contribution in [0.2, 0.25) is 5.02 Å². The number of anilines is 1. The summed E-state index contributed by atoms with van der Waals surface area (Å²) in [7, 11) is 1.56. The van der Waals surface area contributed by atoms with Crippen LogP contribution in [0.1, 0.15) is 31.6 Å². The molecule has 9 heteroatoms. The van der Waals surface area contributed by atoms with Crippen LogP contribution < -0.4 is 14.4 Å². The molecule has 4 rings (SSSR count). The summed E-state index contributed by atoms with van der Waals surface area (Å²) in [4.78, 5) is 18.3. The maximum absolute atomic E-state index is 14.3. The number of carbonyl (C=O) groups is 1. The third kappa shape index (κ3) is 4.34. The molecular formula is C22H21ClFN3O4. The van der Waals surface area contributed by atoms with E-state index in [2.05, 4.69) is 10.1 Å². The fraction of sp³-hybridized carbons (Fsp3) is 0.318. The van der Waals surface area contributed by atoms with E-state index in [1.807, 2.05) is 13.0 Å². The number of halogens is 2. The van der Waals surface area contributed by atoms with Crippen molar-refractivity contribution in [3.8, 4) is 22.9 Å². The van der Waals surface area contributed by atoms with Crippen LogP contribution in [0, 0.1) is 5.82 Å². The van der Waals surface area contributed by atoms with Crippen LogP contribution in [0.3, 0.4) is 0 Å². The van der Waals surface area contributed by atoms with Crippen LogP contribution in [0.25, 0.3) is 11.4 Å². The zero-order valence-electron chi connectivity index (χ0n) is 17.1. The number of rotatable bonds is 7. The summed E-state index contributed by atoms with van der Waals surface area (Å²) in [5.74, 6) is 0.800. The van der Waals surface area contributed by atoms with Crippen LogP contribution in [0.15, 0.2) is 40.9 Å². The van der Waals surface area contributed by atoms with Gasteiger partial charge in [0.2, 0.25) is 17.6 Å². The lowest BCUT2D eigenvalue weighted by Gasteiger charge is -2.16. The number of nitrogens with zero attached hydrogens (tertiary/aromatic N) is 3. The molecule has 1 amide bonds. The molecular weight excluding hydrogens is 425 g/mol. The van der Waals surface area contributed by atoms with Crippen molar-refractivity contribution in [1.82, 2.24) is 10.1 Å². The van der Waals surface area contributed by atoms with Crippen molar-refractivity contribution in [3.05, 3.63) is 53.1 Å². The molecule has 1 fully saturated rings. The third-order valence-electron chi connectivity index (χ3n) is 5.00. The Bertz CT molecular complexity index is 1100. The normalized spacial score (nSPS) is 16.1. The van der Waals surface area contributed by atoms with Crippen LogP contribution in [-0.4, -0.2) is 36.3 Å². The minimum Gasteiger partial charge on any atom is -0.493 e. The number of benzene rings is 2. The van der Waals surface area contributed by atoms with E-state index in [4.69, 9.17) is 25.6 Å². The van der Waals surface area contributed by atoms with E-state index < -0.39 is 5.82 Å². The molecule has 2 heterocycles. The van der Waals surface area contributed by atoms with Crippen LogP contribution in [-0.2, 0) is 4.79 Å². The van der Waals surface area contributed by atoms with Gasteiger partial charge < -0.3 is 18.9 Å². The molecule has 1 saturated heterocycles. The van der Waals surface area contributed by atoms with E-state index in [1.54, 1.807) is 25.3 Å². The summed E-state index contributed by atoms with van der Waals surface area (Å²) in [5.41, 5.74) is 0.879. The molecule has 1 aliphatic heterocycles. The molecule has 1 unspecified atom stereocenters.